The number of amides is 1. The van der Waals surface area contributed by atoms with Crippen LogP contribution in [0.4, 0.5) is 5.82 Å². The first-order chi connectivity index (χ1) is 13.7. The Hall–Kier alpha value is -3.74. The lowest BCUT2D eigenvalue weighted by Gasteiger charge is -2.08. The number of benzene rings is 1. The summed E-state index contributed by atoms with van der Waals surface area (Å²) in [7, 11) is 0. The molecule has 3 rings (SSSR count). The van der Waals surface area contributed by atoms with Gasteiger partial charge in [0.25, 0.3) is 5.91 Å². The predicted molar refractivity (Wildman–Crippen MR) is 108 cm³/mol. The third-order valence-corrected chi connectivity index (χ3v) is 3.87. The van der Waals surface area contributed by atoms with Crippen LogP contribution < -0.4 is 10.1 Å². The van der Waals surface area contributed by atoms with E-state index < -0.39 is 0 Å². The Kier molecular flexibility index (Phi) is 6.30. The highest BCUT2D eigenvalue weighted by atomic mass is 16.5. The fourth-order valence-electron chi connectivity index (χ4n) is 2.38. The van der Waals surface area contributed by atoms with Crippen LogP contribution in [0, 0.1) is 0 Å². The molecule has 0 aliphatic heterocycles. The molecule has 3 aromatic rings. The average molecular weight is 375 g/mol. The first-order valence-electron chi connectivity index (χ1n) is 8.79. The Morgan fingerprint density at radius 3 is 2.68 bits per heavy atom. The lowest BCUT2D eigenvalue weighted by atomic mass is 10.2. The standard InChI is InChI=1S/C21H21N5O2/c1-3-4-5-16(2)19-12-24-20(13-23-19)25-21(27)14-28-18-8-6-17(7-9-18)26-11-10-22-15-26/h3-13,15H,14H2,1-2H3,(H,24,25,27). The maximum atomic E-state index is 12.1. The van der Waals surface area contributed by atoms with Crippen LogP contribution in [0.5, 0.6) is 5.75 Å². The van der Waals surface area contributed by atoms with Crippen LogP contribution in [0.15, 0.2) is 73.6 Å². The van der Waals surface area contributed by atoms with Gasteiger partial charge in [0.05, 0.1) is 24.4 Å². The molecule has 0 fully saturated rings. The van der Waals surface area contributed by atoms with Crippen LogP contribution in [0.25, 0.3) is 11.3 Å². The lowest BCUT2D eigenvalue weighted by molar-refractivity contribution is -0.118. The largest absolute Gasteiger partial charge is 0.484 e. The SMILES string of the molecule is CC=CC=C(C)c1cnc(NC(=O)COc2ccc(-n3ccnc3)cc2)cn1. The van der Waals surface area contributed by atoms with E-state index in [9.17, 15) is 4.79 Å². The number of allylic oxidation sites excluding steroid dienone is 4. The highest BCUT2D eigenvalue weighted by Crippen LogP contribution is 2.15. The van der Waals surface area contributed by atoms with E-state index in [1.165, 1.54) is 6.20 Å². The van der Waals surface area contributed by atoms with Gasteiger partial charge < -0.3 is 14.6 Å². The molecule has 1 amide bonds. The Balaban J connectivity index is 1.51. The summed E-state index contributed by atoms with van der Waals surface area (Å²) in [6, 6.07) is 7.39. The zero-order valence-corrected chi connectivity index (χ0v) is 15.7. The van der Waals surface area contributed by atoms with E-state index >= 15 is 0 Å². The van der Waals surface area contributed by atoms with Crippen LogP contribution >= 0.6 is 0 Å². The number of rotatable bonds is 7. The van der Waals surface area contributed by atoms with E-state index in [0.717, 1.165) is 17.0 Å². The fourth-order valence-corrected chi connectivity index (χ4v) is 2.38. The van der Waals surface area contributed by atoms with Gasteiger partial charge in [-0.3, -0.25) is 9.78 Å². The first kappa shape index (κ1) is 19.0. The topological polar surface area (TPSA) is 81.9 Å². The minimum Gasteiger partial charge on any atom is -0.484 e. The molecule has 0 bridgehead atoms. The normalized spacial score (nSPS) is 11.6. The van der Waals surface area contributed by atoms with Crippen molar-refractivity contribution in [1.82, 2.24) is 19.5 Å². The molecule has 0 atom stereocenters. The van der Waals surface area contributed by atoms with Crippen molar-refractivity contribution in [1.29, 1.82) is 0 Å². The van der Waals surface area contributed by atoms with Crippen LogP contribution in [-0.2, 0) is 4.79 Å². The summed E-state index contributed by atoms with van der Waals surface area (Å²) in [4.78, 5) is 24.6. The van der Waals surface area contributed by atoms with Gasteiger partial charge in [0.1, 0.15) is 5.75 Å². The molecule has 7 heteroatoms. The van der Waals surface area contributed by atoms with E-state index in [1.807, 2.05) is 55.0 Å². The molecule has 1 aromatic carbocycles. The van der Waals surface area contributed by atoms with Crippen molar-refractivity contribution in [3.05, 3.63) is 79.3 Å². The molecule has 0 unspecified atom stereocenters. The van der Waals surface area contributed by atoms with E-state index in [1.54, 1.807) is 30.9 Å². The second kappa shape index (κ2) is 9.27. The van der Waals surface area contributed by atoms with Crippen molar-refractivity contribution in [2.45, 2.75) is 13.8 Å². The number of anilines is 1. The van der Waals surface area contributed by atoms with E-state index in [0.29, 0.717) is 11.6 Å². The summed E-state index contributed by atoms with van der Waals surface area (Å²) in [6.07, 6.45) is 14.3. The summed E-state index contributed by atoms with van der Waals surface area (Å²) in [6.45, 7) is 3.78. The van der Waals surface area contributed by atoms with E-state index in [4.69, 9.17) is 4.74 Å². The number of nitrogens with one attached hydrogen (secondary N) is 1. The maximum absolute atomic E-state index is 12.1. The van der Waals surface area contributed by atoms with Gasteiger partial charge in [-0.1, -0.05) is 18.2 Å². The Bertz CT molecular complexity index is 959. The Labute approximate surface area is 163 Å². The summed E-state index contributed by atoms with van der Waals surface area (Å²) >= 11 is 0. The molecule has 0 spiro atoms. The molecule has 0 aliphatic rings. The Morgan fingerprint density at radius 1 is 1.21 bits per heavy atom. The highest BCUT2D eigenvalue weighted by molar-refractivity contribution is 5.90. The van der Waals surface area contributed by atoms with Gasteiger partial charge >= 0.3 is 0 Å². The number of aromatic nitrogens is 4. The predicted octanol–water partition coefficient (Wildman–Crippen LogP) is 3.66. The van der Waals surface area contributed by atoms with Gasteiger partial charge in [-0.25, -0.2) is 9.97 Å². The number of nitrogens with zero attached hydrogens (tertiary/aromatic N) is 4. The van der Waals surface area contributed by atoms with E-state index in [-0.39, 0.29) is 12.5 Å². The van der Waals surface area contributed by atoms with Crippen LogP contribution in [0.2, 0.25) is 0 Å². The number of ether oxygens (including phenoxy) is 1. The number of carbonyl (C=O) groups is 1. The van der Waals surface area contributed by atoms with Gasteiger partial charge in [-0.15, -0.1) is 0 Å². The fraction of sp³-hybridized carbons (Fsp3) is 0.143. The van der Waals surface area contributed by atoms with Crippen LogP contribution in [0.3, 0.4) is 0 Å². The minimum absolute atomic E-state index is 0.117. The average Bonchev–Trinajstić information content (AvgIpc) is 3.26. The molecule has 7 nitrogen and oxygen atoms in total. The monoisotopic (exact) mass is 375 g/mol. The molecular formula is C21H21N5O2. The van der Waals surface area contributed by atoms with Crippen LogP contribution in [0.1, 0.15) is 19.5 Å². The van der Waals surface area contributed by atoms with Crippen molar-refractivity contribution < 1.29 is 9.53 Å². The van der Waals surface area contributed by atoms with E-state index in [2.05, 4.69) is 20.3 Å². The van der Waals surface area contributed by atoms with Gasteiger partial charge in [0.15, 0.2) is 12.4 Å². The quantitative estimate of drug-likeness (QED) is 0.637. The van der Waals surface area contributed by atoms with Crippen molar-refractivity contribution >= 4 is 17.3 Å². The molecular weight excluding hydrogens is 354 g/mol. The van der Waals surface area contributed by atoms with Gasteiger partial charge in [0.2, 0.25) is 0 Å². The number of imidazole rings is 1. The number of carbonyl (C=O) groups excluding carboxylic acids is 1. The molecule has 2 heterocycles. The number of hydrogen-bond donors (Lipinski definition) is 1. The summed E-state index contributed by atoms with van der Waals surface area (Å²) in [5.41, 5.74) is 2.71. The van der Waals surface area contributed by atoms with Crippen LogP contribution in [-0.4, -0.2) is 32.0 Å². The third kappa shape index (κ3) is 5.14. The Morgan fingerprint density at radius 2 is 2.04 bits per heavy atom. The second-order valence-corrected chi connectivity index (χ2v) is 5.96. The van der Waals surface area contributed by atoms with Crippen molar-refractivity contribution in [3.63, 3.8) is 0 Å². The third-order valence-electron chi connectivity index (χ3n) is 3.87. The lowest BCUT2D eigenvalue weighted by Crippen LogP contribution is -2.21. The summed E-state index contributed by atoms with van der Waals surface area (Å²) in [5.74, 6) is 0.679. The smallest absolute Gasteiger partial charge is 0.263 e. The molecule has 2 aromatic heterocycles. The van der Waals surface area contributed by atoms with Gasteiger partial charge in [0, 0.05) is 18.1 Å². The van der Waals surface area contributed by atoms with Crippen molar-refractivity contribution in [3.8, 4) is 11.4 Å². The molecule has 0 aliphatic carbocycles. The number of hydrogen-bond acceptors (Lipinski definition) is 5. The van der Waals surface area contributed by atoms with Crippen molar-refractivity contribution in [2.75, 3.05) is 11.9 Å². The molecule has 0 saturated carbocycles. The molecule has 1 N–H and O–H groups in total. The van der Waals surface area contributed by atoms with Gasteiger partial charge in [-0.05, 0) is 43.7 Å². The summed E-state index contributed by atoms with van der Waals surface area (Å²) in [5, 5.41) is 2.67. The van der Waals surface area contributed by atoms with Gasteiger partial charge in [-0.2, -0.15) is 0 Å². The highest BCUT2D eigenvalue weighted by Gasteiger charge is 2.06. The zero-order valence-electron chi connectivity index (χ0n) is 15.7. The van der Waals surface area contributed by atoms with Crippen molar-refractivity contribution in [2.24, 2.45) is 0 Å². The first-order valence-corrected chi connectivity index (χ1v) is 8.79. The zero-order chi connectivity index (χ0) is 19.8. The molecule has 0 saturated heterocycles. The second-order valence-electron chi connectivity index (χ2n) is 5.96. The summed E-state index contributed by atoms with van der Waals surface area (Å²) < 4.78 is 7.40. The molecule has 0 radical (unpaired) electrons. The molecule has 142 valence electrons. The molecule has 28 heavy (non-hydrogen) atoms. The minimum atomic E-state index is -0.304. The maximum Gasteiger partial charge on any atom is 0.263 e.